The van der Waals surface area contributed by atoms with Gasteiger partial charge in [-0.25, -0.2) is 4.79 Å². The molecule has 2 aliphatic heterocycles. The molecule has 0 atom stereocenters. The SMILES string of the molecule is NC(=O)c1c(NC(=O)NCCCN2CCOCC2)sc2c1CCSC2. The number of nitrogens with two attached hydrogens (primary N) is 1. The van der Waals surface area contributed by atoms with Crippen LogP contribution >= 0.6 is 23.1 Å². The van der Waals surface area contributed by atoms with Gasteiger partial charge in [-0.05, 0) is 30.7 Å². The number of nitrogens with one attached hydrogen (secondary N) is 2. The maximum Gasteiger partial charge on any atom is 0.319 e. The van der Waals surface area contributed by atoms with Crippen LogP contribution in [0.3, 0.4) is 0 Å². The van der Waals surface area contributed by atoms with Gasteiger partial charge in [0.25, 0.3) is 5.91 Å². The summed E-state index contributed by atoms with van der Waals surface area (Å²) in [5.41, 5.74) is 7.04. The summed E-state index contributed by atoms with van der Waals surface area (Å²) < 4.78 is 5.32. The minimum Gasteiger partial charge on any atom is -0.379 e. The van der Waals surface area contributed by atoms with Gasteiger partial charge in [-0.3, -0.25) is 15.0 Å². The molecule has 0 saturated carbocycles. The van der Waals surface area contributed by atoms with Crippen LogP contribution in [-0.4, -0.2) is 62.0 Å². The fraction of sp³-hybridized carbons (Fsp3) is 0.625. The molecule has 138 valence electrons. The maximum atomic E-state index is 12.1. The summed E-state index contributed by atoms with van der Waals surface area (Å²) in [4.78, 5) is 27.4. The van der Waals surface area contributed by atoms with Crippen molar-refractivity contribution in [2.45, 2.75) is 18.6 Å². The Hall–Kier alpha value is -1.29. The highest BCUT2D eigenvalue weighted by atomic mass is 32.2. The zero-order chi connectivity index (χ0) is 17.6. The summed E-state index contributed by atoms with van der Waals surface area (Å²) in [7, 11) is 0. The van der Waals surface area contributed by atoms with E-state index in [4.69, 9.17) is 10.5 Å². The van der Waals surface area contributed by atoms with E-state index in [0.717, 1.165) is 67.6 Å². The number of ether oxygens (including phenoxy) is 1. The molecular formula is C16H24N4O3S2. The number of nitrogens with zero attached hydrogens (tertiary/aromatic N) is 1. The van der Waals surface area contributed by atoms with Crippen LogP contribution in [0.1, 0.15) is 27.2 Å². The first-order valence-corrected chi connectivity index (χ1v) is 10.5. The smallest absolute Gasteiger partial charge is 0.319 e. The van der Waals surface area contributed by atoms with Crippen molar-refractivity contribution in [1.82, 2.24) is 10.2 Å². The summed E-state index contributed by atoms with van der Waals surface area (Å²) >= 11 is 3.30. The minimum absolute atomic E-state index is 0.282. The number of fused-ring (bicyclic) bond motifs is 1. The van der Waals surface area contributed by atoms with Gasteiger partial charge < -0.3 is 15.8 Å². The highest BCUT2D eigenvalue weighted by Gasteiger charge is 2.25. The zero-order valence-corrected chi connectivity index (χ0v) is 15.8. The minimum atomic E-state index is -0.466. The number of anilines is 1. The largest absolute Gasteiger partial charge is 0.379 e. The summed E-state index contributed by atoms with van der Waals surface area (Å²) in [5.74, 6) is 1.40. The first kappa shape index (κ1) is 18.5. The highest BCUT2D eigenvalue weighted by molar-refractivity contribution is 7.98. The van der Waals surface area contributed by atoms with Crippen LogP contribution in [0, 0.1) is 0 Å². The second kappa shape index (κ2) is 8.88. The van der Waals surface area contributed by atoms with E-state index in [9.17, 15) is 9.59 Å². The first-order valence-electron chi connectivity index (χ1n) is 8.52. The second-order valence-corrected chi connectivity index (χ2v) is 8.27. The zero-order valence-electron chi connectivity index (χ0n) is 14.1. The predicted octanol–water partition coefficient (Wildman–Crippen LogP) is 1.48. The topological polar surface area (TPSA) is 96.7 Å². The Balaban J connectivity index is 1.49. The molecule has 0 aliphatic carbocycles. The molecule has 3 amide bonds. The number of hydrogen-bond donors (Lipinski definition) is 3. The molecule has 3 rings (SSSR count). The van der Waals surface area contributed by atoms with Gasteiger partial charge in [0, 0.05) is 30.3 Å². The van der Waals surface area contributed by atoms with E-state index < -0.39 is 5.91 Å². The van der Waals surface area contributed by atoms with Gasteiger partial charge in [0.15, 0.2) is 0 Å². The number of carbonyl (C=O) groups is 2. The van der Waals surface area contributed by atoms with Gasteiger partial charge in [0.1, 0.15) is 5.00 Å². The molecule has 0 radical (unpaired) electrons. The Bertz CT molecular complexity index is 629. The molecule has 1 fully saturated rings. The Morgan fingerprint density at radius 2 is 2.08 bits per heavy atom. The monoisotopic (exact) mass is 384 g/mol. The van der Waals surface area contributed by atoms with Crippen LogP contribution in [0.5, 0.6) is 0 Å². The van der Waals surface area contributed by atoms with E-state index in [-0.39, 0.29) is 6.03 Å². The Morgan fingerprint density at radius 1 is 1.28 bits per heavy atom. The number of amides is 3. The van der Waals surface area contributed by atoms with Crippen LogP contribution in [0.15, 0.2) is 0 Å². The van der Waals surface area contributed by atoms with Crippen LogP contribution in [0.25, 0.3) is 0 Å². The first-order chi connectivity index (χ1) is 12.1. The van der Waals surface area contributed by atoms with Crippen molar-refractivity contribution in [3.63, 3.8) is 0 Å². The second-order valence-electron chi connectivity index (χ2n) is 6.06. The van der Waals surface area contributed by atoms with E-state index in [1.807, 2.05) is 11.8 Å². The molecule has 1 saturated heterocycles. The molecule has 1 aromatic heterocycles. The third-order valence-corrected chi connectivity index (χ3v) is 6.65. The summed E-state index contributed by atoms with van der Waals surface area (Å²) in [6, 6.07) is -0.282. The number of primary amides is 1. The molecule has 4 N–H and O–H groups in total. The number of thioether (sulfide) groups is 1. The lowest BCUT2D eigenvalue weighted by atomic mass is 10.1. The van der Waals surface area contributed by atoms with E-state index in [2.05, 4.69) is 15.5 Å². The molecule has 25 heavy (non-hydrogen) atoms. The van der Waals surface area contributed by atoms with Crippen molar-refractivity contribution in [3.05, 3.63) is 16.0 Å². The molecule has 0 spiro atoms. The van der Waals surface area contributed by atoms with Crippen molar-refractivity contribution in [2.75, 3.05) is 50.5 Å². The maximum absolute atomic E-state index is 12.1. The lowest BCUT2D eigenvalue weighted by molar-refractivity contribution is 0.0375. The van der Waals surface area contributed by atoms with Crippen molar-refractivity contribution >= 4 is 40.0 Å². The Kier molecular flexibility index (Phi) is 6.57. The molecule has 9 heteroatoms. The number of thiophene rings is 1. The molecule has 0 aromatic carbocycles. The standard InChI is InChI=1S/C16H24N4O3S2/c17-14(21)13-11-2-9-24-10-12(11)25-15(13)19-16(22)18-3-1-4-20-5-7-23-8-6-20/h1-10H2,(H2,17,21)(H2,18,19,22). The lowest BCUT2D eigenvalue weighted by Crippen LogP contribution is -2.38. The number of rotatable bonds is 6. The van der Waals surface area contributed by atoms with Gasteiger partial charge in [0.2, 0.25) is 0 Å². The average Bonchev–Trinajstić information content (AvgIpc) is 2.97. The third-order valence-electron chi connectivity index (χ3n) is 4.33. The summed E-state index contributed by atoms with van der Waals surface area (Å²) in [6.07, 6.45) is 1.71. The van der Waals surface area contributed by atoms with Gasteiger partial charge in [-0.1, -0.05) is 0 Å². The van der Waals surface area contributed by atoms with Crippen molar-refractivity contribution in [3.8, 4) is 0 Å². The normalized spacial score (nSPS) is 17.8. The van der Waals surface area contributed by atoms with Crippen molar-refractivity contribution < 1.29 is 14.3 Å². The number of hydrogen-bond acceptors (Lipinski definition) is 6. The van der Waals surface area contributed by atoms with Crippen LogP contribution < -0.4 is 16.4 Å². The van der Waals surface area contributed by atoms with E-state index in [1.165, 1.54) is 11.3 Å². The van der Waals surface area contributed by atoms with Crippen molar-refractivity contribution in [1.29, 1.82) is 0 Å². The molecule has 2 aliphatic rings. The Morgan fingerprint density at radius 3 is 2.84 bits per heavy atom. The van der Waals surface area contributed by atoms with Gasteiger partial charge >= 0.3 is 6.03 Å². The fourth-order valence-electron chi connectivity index (χ4n) is 3.06. The summed E-state index contributed by atoms with van der Waals surface area (Å²) in [5, 5.41) is 6.25. The number of carbonyl (C=O) groups excluding carboxylic acids is 2. The third kappa shape index (κ3) is 4.87. The molecule has 1 aromatic rings. The van der Waals surface area contributed by atoms with Gasteiger partial charge in [-0.2, -0.15) is 11.8 Å². The van der Waals surface area contributed by atoms with E-state index in [0.29, 0.717) is 17.1 Å². The van der Waals surface area contributed by atoms with E-state index >= 15 is 0 Å². The number of urea groups is 1. The fourth-order valence-corrected chi connectivity index (χ4v) is 5.44. The van der Waals surface area contributed by atoms with E-state index in [1.54, 1.807) is 0 Å². The van der Waals surface area contributed by atoms with Crippen LogP contribution in [0.2, 0.25) is 0 Å². The number of morpholine rings is 1. The molecular weight excluding hydrogens is 360 g/mol. The molecule has 0 bridgehead atoms. The quantitative estimate of drug-likeness (QED) is 0.646. The van der Waals surface area contributed by atoms with Crippen molar-refractivity contribution in [2.24, 2.45) is 5.73 Å². The van der Waals surface area contributed by atoms with Gasteiger partial charge in [-0.15, -0.1) is 11.3 Å². The predicted molar refractivity (Wildman–Crippen MR) is 102 cm³/mol. The molecule has 0 unspecified atom stereocenters. The molecule has 3 heterocycles. The lowest BCUT2D eigenvalue weighted by Gasteiger charge is -2.26. The Labute approximate surface area is 155 Å². The van der Waals surface area contributed by atoms with Gasteiger partial charge in [0.05, 0.1) is 18.8 Å². The molecule has 7 nitrogen and oxygen atoms in total. The van der Waals surface area contributed by atoms with Crippen LogP contribution in [0.4, 0.5) is 9.80 Å². The van der Waals surface area contributed by atoms with Crippen LogP contribution in [-0.2, 0) is 16.9 Å². The highest BCUT2D eigenvalue weighted by Crippen LogP contribution is 2.39. The average molecular weight is 385 g/mol. The summed E-state index contributed by atoms with van der Waals surface area (Å²) in [6.45, 7) is 5.01.